The van der Waals surface area contributed by atoms with Crippen molar-refractivity contribution < 1.29 is 47.9 Å². The summed E-state index contributed by atoms with van der Waals surface area (Å²) in [6, 6.07) is 23.4. The van der Waals surface area contributed by atoms with E-state index in [1.165, 1.54) is 24.3 Å². The van der Waals surface area contributed by atoms with Crippen LogP contribution in [0.15, 0.2) is 329 Å². The van der Waals surface area contributed by atoms with Gasteiger partial charge in [0.15, 0.2) is 5.82 Å². The van der Waals surface area contributed by atoms with Gasteiger partial charge in [-0.3, -0.25) is 57.7 Å². The Morgan fingerprint density at radius 2 is 0.551 bits per heavy atom. The smallest absolute Gasteiger partial charge is 0.258 e. The molecule has 0 N–H and O–H groups in total. The fraction of sp³-hybridized carbons (Fsp3) is 0.0976. The van der Waals surface area contributed by atoms with Gasteiger partial charge in [0, 0.05) is 130 Å². The number of anilines is 4. The number of benzene rings is 4. The molecule has 16 nitrogen and oxygen atoms in total. The standard InChI is InChI=1S/C82H38N6O10/c1-4-5-6-7-8-9-10-11-12-13-14-15-16-17-18-19-20-21-22-23-24-25-26-27-28-29-30-31-32-33-34-35-36-37-74(83(62(2)89)72-60-79(95)87(81(72)97)70-50-42-66(43-51-70)58-64-38-46-68(47-39-64)85-75(91)54-55-76(85)92)84(63(3)90)73-61-80(96)88(82(73)98)71-52-44-67(45-53-71)59-65-40-48-69(49-41-65)86-77(93)56-57-78(86)94/h38-57,72-73H,1,58-61H2,2-3H3. The minimum absolute atomic E-state index is 0.164. The van der Waals surface area contributed by atoms with Gasteiger partial charge in [-0.05, 0) is 188 Å². The van der Waals surface area contributed by atoms with Gasteiger partial charge in [0.25, 0.3) is 35.4 Å². The first-order valence-corrected chi connectivity index (χ1v) is 28.6. The predicted octanol–water partition coefficient (Wildman–Crippen LogP) is 9.13. The summed E-state index contributed by atoms with van der Waals surface area (Å²) < 4.78 is 0. The Labute approximate surface area is 558 Å². The van der Waals surface area contributed by atoms with Gasteiger partial charge >= 0.3 is 0 Å². The molecule has 4 aliphatic heterocycles. The van der Waals surface area contributed by atoms with Crippen molar-refractivity contribution >= 4 is 81.8 Å². The van der Waals surface area contributed by atoms with Gasteiger partial charge in [-0.1, -0.05) is 54.3 Å². The lowest BCUT2D eigenvalue weighted by Crippen LogP contribution is -2.53. The fourth-order valence-corrected chi connectivity index (χ4v) is 9.35. The van der Waals surface area contributed by atoms with Crippen LogP contribution < -0.4 is 19.6 Å². The van der Waals surface area contributed by atoms with Crippen LogP contribution in [-0.4, -0.2) is 81.0 Å². The third kappa shape index (κ3) is 18.4. The molecule has 4 aliphatic rings. The molecule has 0 spiro atoms. The van der Waals surface area contributed by atoms with Crippen LogP contribution in [0.1, 0.15) is 48.9 Å². The van der Waals surface area contributed by atoms with Crippen LogP contribution in [0.2, 0.25) is 0 Å². The number of carbonyl (C=O) groups excluding carboxylic acids is 10. The highest BCUT2D eigenvalue weighted by molar-refractivity contribution is 6.29. The first-order chi connectivity index (χ1) is 47.6. The third-order valence-corrected chi connectivity index (χ3v) is 13.4. The van der Waals surface area contributed by atoms with E-state index in [2.05, 4.69) is 201 Å². The van der Waals surface area contributed by atoms with Crippen molar-refractivity contribution in [1.29, 1.82) is 0 Å². The molecule has 2 atom stereocenters. The van der Waals surface area contributed by atoms with Crippen LogP contribution in [0.25, 0.3) is 0 Å². The van der Waals surface area contributed by atoms with Crippen LogP contribution in [0.3, 0.4) is 0 Å². The second-order valence-electron chi connectivity index (χ2n) is 19.7. The molecule has 4 aromatic carbocycles. The molecule has 0 bridgehead atoms. The minimum Gasteiger partial charge on any atom is -0.278 e. The monoisotopic (exact) mass is 1270 g/mol. The average molecular weight is 1270 g/mol. The molecule has 4 heterocycles. The lowest BCUT2D eigenvalue weighted by Gasteiger charge is -2.35. The predicted molar refractivity (Wildman–Crippen MR) is 350 cm³/mol. The topological polar surface area (TPSA) is 190 Å². The van der Waals surface area contributed by atoms with Crippen molar-refractivity contribution in [2.24, 2.45) is 0 Å². The van der Waals surface area contributed by atoms with Gasteiger partial charge < -0.3 is 0 Å². The van der Waals surface area contributed by atoms with E-state index in [1.54, 1.807) is 97.1 Å². The molecule has 0 saturated carbocycles. The summed E-state index contributed by atoms with van der Waals surface area (Å²) in [5.41, 5.74) is 88.8. The SMILES string of the molecule is C=C=C=C=C=C=C=C=C=C=C=C=C=C=C=C=C=C=C=C=C=C=C=C=C=C=C=C=C=C=C=C=C=C=C=C(N(C(C)=O)C1CC(=O)N(c2ccc(Cc3ccc(N4C(=O)C=CC4=O)cc3)cc2)C1=O)N(C(C)=O)C1CC(=O)N(c2ccc(Cc3ccc(N4C(=O)C=CC4=O)cc3)cc2)C1=O. The highest BCUT2D eigenvalue weighted by Gasteiger charge is 2.50. The first kappa shape index (κ1) is 68.0. The summed E-state index contributed by atoms with van der Waals surface area (Å²) in [5, 5.41) is 0. The van der Waals surface area contributed by atoms with E-state index >= 15 is 0 Å². The van der Waals surface area contributed by atoms with E-state index in [0.717, 1.165) is 65.5 Å². The number of imide groups is 4. The molecule has 2 saturated heterocycles. The number of hydrogen-bond donors (Lipinski definition) is 0. The van der Waals surface area contributed by atoms with Gasteiger partial charge in [0.2, 0.25) is 23.6 Å². The molecule has 8 rings (SSSR count). The molecule has 2 unspecified atom stereocenters. The number of hydrogen-bond acceptors (Lipinski definition) is 10. The highest BCUT2D eigenvalue weighted by Crippen LogP contribution is 2.34. The number of carbonyl (C=O) groups is 10. The second-order valence-corrected chi connectivity index (χ2v) is 19.7. The van der Waals surface area contributed by atoms with Gasteiger partial charge in [0.1, 0.15) is 12.1 Å². The van der Waals surface area contributed by atoms with E-state index < -0.39 is 89.8 Å². The molecule has 456 valence electrons. The van der Waals surface area contributed by atoms with Gasteiger partial charge in [-0.25, -0.2) is 19.6 Å². The summed E-state index contributed by atoms with van der Waals surface area (Å²) in [5.74, 6) is -7.19. The van der Waals surface area contributed by atoms with Crippen molar-refractivity contribution in [1.82, 2.24) is 9.80 Å². The summed E-state index contributed by atoms with van der Waals surface area (Å²) >= 11 is 0. The summed E-state index contributed by atoms with van der Waals surface area (Å²) in [7, 11) is 0. The number of nitrogens with zero attached hydrogens (tertiary/aromatic N) is 6. The Morgan fingerprint density at radius 3 is 0.776 bits per heavy atom. The molecule has 4 aromatic rings. The molecule has 0 aromatic heterocycles. The summed E-state index contributed by atoms with van der Waals surface area (Å²) in [6.07, 6.45) is 4.41. The zero-order valence-corrected chi connectivity index (χ0v) is 51.5. The molecule has 0 radical (unpaired) electrons. The van der Waals surface area contributed by atoms with Crippen molar-refractivity contribution in [3.8, 4) is 0 Å². The molecule has 98 heavy (non-hydrogen) atoms. The number of rotatable bonds is 12. The largest absolute Gasteiger partial charge is 0.278 e. The van der Waals surface area contributed by atoms with Crippen molar-refractivity contribution in [2.75, 3.05) is 19.6 Å². The Morgan fingerprint density at radius 1 is 0.337 bits per heavy atom. The minimum atomic E-state index is -1.60. The van der Waals surface area contributed by atoms with Crippen LogP contribution in [-0.2, 0) is 60.8 Å². The second kappa shape index (κ2) is 34.4. The molecule has 2 fully saturated rings. The Balaban J connectivity index is 1.08. The maximum absolute atomic E-state index is 14.6. The fourth-order valence-electron chi connectivity index (χ4n) is 9.35. The Kier molecular flexibility index (Phi) is 23.8. The van der Waals surface area contributed by atoms with E-state index in [4.69, 9.17) is 0 Å². The van der Waals surface area contributed by atoms with Crippen molar-refractivity contribution in [2.45, 2.75) is 51.6 Å². The molecule has 16 heteroatoms. The lowest BCUT2D eigenvalue weighted by atomic mass is 10.0. The Hall–Kier alpha value is -15.9. The lowest BCUT2D eigenvalue weighted by molar-refractivity contribution is -0.141. The maximum atomic E-state index is 14.6. The van der Waals surface area contributed by atoms with Crippen LogP contribution in [0, 0.1) is 0 Å². The van der Waals surface area contributed by atoms with Gasteiger partial charge in [-0.15, -0.1) is 0 Å². The quantitative estimate of drug-likeness (QED) is 0.0977. The molecular weight excluding hydrogens is 1230 g/mol. The maximum Gasteiger partial charge on any atom is 0.258 e. The normalized spacial score (nSPS) is 13.4. The molecule has 0 aliphatic carbocycles. The number of amides is 10. The first-order valence-electron chi connectivity index (χ1n) is 28.6. The van der Waals surface area contributed by atoms with Gasteiger partial charge in [-0.2, -0.15) is 0 Å². The van der Waals surface area contributed by atoms with Crippen LogP contribution in [0.5, 0.6) is 0 Å². The highest BCUT2D eigenvalue weighted by atomic mass is 16.2. The third-order valence-electron chi connectivity index (χ3n) is 13.4. The van der Waals surface area contributed by atoms with Gasteiger partial charge in [0.05, 0.1) is 35.6 Å². The molecule has 10 amide bonds. The Bertz CT molecular complexity index is 5530. The zero-order valence-electron chi connectivity index (χ0n) is 51.5. The zero-order chi connectivity index (χ0) is 69.6. The summed E-state index contributed by atoms with van der Waals surface area (Å²) in [4.78, 5) is 139. The summed E-state index contributed by atoms with van der Waals surface area (Å²) in [6.45, 7) is 5.48. The van der Waals surface area contributed by atoms with E-state index in [9.17, 15) is 47.9 Å². The van der Waals surface area contributed by atoms with E-state index in [-0.39, 0.29) is 11.4 Å². The molecular formula is C82H38N6O10. The van der Waals surface area contributed by atoms with E-state index in [0.29, 0.717) is 24.2 Å². The average Bonchev–Trinajstić information content (AvgIpc) is 1.61. The van der Waals surface area contributed by atoms with Crippen LogP contribution in [0.4, 0.5) is 22.7 Å². The van der Waals surface area contributed by atoms with E-state index in [1.807, 2.05) is 0 Å². The van der Waals surface area contributed by atoms with Crippen LogP contribution >= 0.6 is 0 Å². The van der Waals surface area contributed by atoms with Crippen molar-refractivity contribution in [3.63, 3.8) is 0 Å². The van der Waals surface area contributed by atoms with Crippen molar-refractivity contribution in [3.05, 3.63) is 351 Å².